The molecule has 0 aliphatic rings. The Hall–Kier alpha value is -2.95. The van der Waals surface area contributed by atoms with Gasteiger partial charge in [-0.3, -0.25) is 4.98 Å². The van der Waals surface area contributed by atoms with Gasteiger partial charge in [0, 0.05) is 36.9 Å². The number of pyridine rings is 1. The highest BCUT2D eigenvalue weighted by Gasteiger charge is 2.09. The normalized spacial score (nSPS) is 10.4. The van der Waals surface area contributed by atoms with Gasteiger partial charge in [-0.2, -0.15) is 0 Å². The molecule has 0 fully saturated rings. The van der Waals surface area contributed by atoms with Crippen LogP contribution >= 0.6 is 0 Å². The van der Waals surface area contributed by atoms with Gasteiger partial charge in [-0.25, -0.2) is 9.78 Å². The standard InChI is InChI=1S/C17H15N3O2/c1-22-17(21)15-4-2-3-13(11-15)12-20-10-9-19-16(20)14-5-7-18-8-6-14/h2-11H,12H2,1H3. The van der Waals surface area contributed by atoms with Crippen LogP contribution in [0.5, 0.6) is 0 Å². The Bertz CT molecular complexity index is 781. The highest BCUT2D eigenvalue weighted by molar-refractivity contribution is 5.89. The Balaban J connectivity index is 1.89. The summed E-state index contributed by atoms with van der Waals surface area (Å²) in [6.07, 6.45) is 7.17. The van der Waals surface area contributed by atoms with Crippen LogP contribution in [0.3, 0.4) is 0 Å². The molecule has 2 heterocycles. The maximum Gasteiger partial charge on any atom is 0.337 e. The number of esters is 1. The highest BCUT2D eigenvalue weighted by Crippen LogP contribution is 2.18. The molecule has 0 aliphatic carbocycles. The van der Waals surface area contributed by atoms with Gasteiger partial charge in [-0.05, 0) is 29.8 Å². The molecule has 0 amide bonds. The zero-order valence-electron chi connectivity index (χ0n) is 12.1. The predicted octanol–water partition coefficient (Wildman–Crippen LogP) is 2.78. The molecule has 0 unspecified atom stereocenters. The van der Waals surface area contributed by atoms with Crippen molar-refractivity contribution in [1.82, 2.24) is 14.5 Å². The third kappa shape index (κ3) is 2.88. The summed E-state index contributed by atoms with van der Waals surface area (Å²) < 4.78 is 6.79. The van der Waals surface area contributed by atoms with Crippen LogP contribution in [0.4, 0.5) is 0 Å². The minimum Gasteiger partial charge on any atom is -0.465 e. The first-order chi connectivity index (χ1) is 10.8. The number of hydrogen-bond acceptors (Lipinski definition) is 4. The molecule has 3 aromatic rings. The Labute approximate surface area is 128 Å². The first-order valence-corrected chi connectivity index (χ1v) is 6.87. The molecule has 0 saturated carbocycles. The molecule has 0 N–H and O–H groups in total. The molecular formula is C17H15N3O2. The Morgan fingerprint density at radius 2 is 2.00 bits per heavy atom. The number of imidazole rings is 1. The fourth-order valence-corrected chi connectivity index (χ4v) is 2.31. The summed E-state index contributed by atoms with van der Waals surface area (Å²) in [5.74, 6) is 0.535. The van der Waals surface area contributed by atoms with Crippen molar-refractivity contribution in [2.45, 2.75) is 6.54 Å². The minimum atomic E-state index is -0.332. The van der Waals surface area contributed by atoms with Gasteiger partial charge in [0.05, 0.1) is 12.7 Å². The summed E-state index contributed by atoms with van der Waals surface area (Å²) in [5, 5.41) is 0. The molecular weight excluding hydrogens is 278 g/mol. The van der Waals surface area contributed by atoms with E-state index in [1.165, 1.54) is 7.11 Å². The van der Waals surface area contributed by atoms with Crippen LogP contribution in [-0.4, -0.2) is 27.6 Å². The van der Waals surface area contributed by atoms with E-state index in [0.717, 1.165) is 17.0 Å². The number of rotatable bonds is 4. The summed E-state index contributed by atoms with van der Waals surface area (Å²) in [7, 11) is 1.38. The molecule has 0 bridgehead atoms. The summed E-state index contributed by atoms with van der Waals surface area (Å²) in [6, 6.07) is 11.2. The molecule has 5 nitrogen and oxygen atoms in total. The zero-order valence-corrected chi connectivity index (χ0v) is 12.1. The molecule has 22 heavy (non-hydrogen) atoms. The highest BCUT2D eigenvalue weighted by atomic mass is 16.5. The average molecular weight is 293 g/mol. The second-order valence-corrected chi connectivity index (χ2v) is 4.81. The lowest BCUT2D eigenvalue weighted by atomic mass is 10.1. The van der Waals surface area contributed by atoms with Crippen molar-refractivity contribution in [3.63, 3.8) is 0 Å². The second kappa shape index (κ2) is 6.22. The van der Waals surface area contributed by atoms with E-state index in [1.54, 1.807) is 24.7 Å². The van der Waals surface area contributed by atoms with Gasteiger partial charge >= 0.3 is 5.97 Å². The van der Waals surface area contributed by atoms with Crippen molar-refractivity contribution < 1.29 is 9.53 Å². The molecule has 5 heteroatoms. The topological polar surface area (TPSA) is 57.0 Å². The fraction of sp³-hybridized carbons (Fsp3) is 0.118. The SMILES string of the molecule is COC(=O)c1cccc(Cn2ccnc2-c2ccncc2)c1. The number of hydrogen-bond donors (Lipinski definition) is 0. The molecule has 0 saturated heterocycles. The number of aromatic nitrogens is 3. The number of nitrogens with zero attached hydrogens (tertiary/aromatic N) is 3. The van der Waals surface area contributed by atoms with Crippen molar-refractivity contribution in [2.75, 3.05) is 7.11 Å². The van der Waals surface area contributed by atoms with E-state index in [0.29, 0.717) is 12.1 Å². The van der Waals surface area contributed by atoms with Gasteiger partial charge in [0.25, 0.3) is 0 Å². The molecule has 0 aliphatic heterocycles. The zero-order chi connectivity index (χ0) is 15.4. The van der Waals surface area contributed by atoms with Crippen LogP contribution in [0.15, 0.2) is 61.2 Å². The van der Waals surface area contributed by atoms with Crippen LogP contribution in [0.2, 0.25) is 0 Å². The maximum absolute atomic E-state index is 11.6. The second-order valence-electron chi connectivity index (χ2n) is 4.81. The molecule has 0 radical (unpaired) electrons. The molecule has 110 valence electrons. The quantitative estimate of drug-likeness (QED) is 0.694. The molecule has 0 atom stereocenters. The number of ether oxygens (including phenoxy) is 1. The van der Waals surface area contributed by atoms with E-state index < -0.39 is 0 Å². The van der Waals surface area contributed by atoms with Crippen LogP contribution in [0, 0.1) is 0 Å². The van der Waals surface area contributed by atoms with Crippen LogP contribution < -0.4 is 0 Å². The smallest absolute Gasteiger partial charge is 0.337 e. The maximum atomic E-state index is 11.6. The van der Waals surface area contributed by atoms with Crippen LogP contribution in [0.25, 0.3) is 11.4 Å². The lowest BCUT2D eigenvalue weighted by Gasteiger charge is -2.09. The summed E-state index contributed by atoms with van der Waals surface area (Å²) >= 11 is 0. The van der Waals surface area contributed by atoms with Gasteiger partial charge in [0.15, 0.2) is 0 Å². The van der Waals surface area contributed by atoms with E-state index >= 15 is 0 Å². The van der Waals surface area contributed by atoms with Crippen LogP contribution in [0.1, 0.15) is 15.9 Å². The largest absolute Gasteiger partial charge is 0.465 e. The van der Waals surface area contributed by atoms with Crippen molar-refractivity contribution in [3.8, 4) is 11.4 Å². The number of methoxy groups -OCH3 is 1. The fourth-order valence-electron chi connectivity index (χ4n) is 2.31. The van der Waals surface area contributed by atoms with Gasteiger partial charge < -0.3 is 9.30 Å². The Kier molecular flexibility index (Phi) is 3.96. The number of carbonyl (C=O) groups is 1. The average Bonchev–Trinajstić information content (AvgIpc) is 3.03. The lowest BCUT2D eigenvalue weighted by molar-refractivity contribution is 0.0600. The summed E-state index contributed by atoms with van der Waals surface area (Å²) in [6.45, 7) is 0.627. The van der Waals surface area contributed by atoms with E-state index in [4.69, 9.17) is 4.74 Å². The van der Waals surface area contributed by atoms with Gasteiger partial charge in [-0.15, -0.1) is 0 Å². The van der Waals surface area contributed by atoms with E-state index in [-0.39, 0.29) is 5.97 Å². The van der Waals surface area contributed by atoms with Crippen molar-refractivity contribution in [2.24, 2.45) is 0 Å². The first kappa shape index (κ1) is 14.0. The van der Waals surface area contributed by atoms with E-state index in [9.17, 15) is 4.79 Å². The lowest BCUT2D eigenvalue weighted by Crippen LogP contribution is -2.05. The minimum absolute atomic E-state index is 0.332. The Morgan fingerprint density at radius 1 is 1.18 bits per heavy atom. The Morgan fingerprint density at radius 3 is 2.77 bits per heavy atom. The summed E-state index contributed by atoms with van der Waals surface area (Å²) in [4.78, 5) is 20.0. The van der Waals surface area contributed by atoms with Gasteiger partial charge in [-0.1, -0.05) is 12.1 Å². The predicted molar refractivity (Wildman–Crippen MR) is 82.3 cm³/mol. The first-order valence-electron chi connectivity index (χ1n) is 6.87. The monoisotopic (exact) mass is 293 g/mol. The summed E-state index contributed by atoms with van der Waals surface area (Å²) in [5.41, 5.74) is 2.56. The van der Waals surface area contributed by atoms with Crippen LogP contribution in [-0.2, 0) is 11.3 Å². The molecule has 3 rings (SSSR count). The van der Waals surface area contributed by atoms with Gasteiger partial charge in [0.1, 0.15) is 5.82 Å². The third-order valence-electron chi connectivity index (χ3n) is 3.36. The molecule has 0 spiro atoms. The number of benzene rings is 1. The van der Waals surface area contributed by atoms with Crippen molar-refractivity contribution in [3.05, 3.63) is 72.3 Å². The van der Waals surface area contributed by atoms with E-state index in [2.05, 4.69) is 9.97 Å². The number of carbonyl (C=O) groups excluding carboxylic acids is 1. The third-order valence-corrected chi connectivity index (χ3v) is 3.36. The van der Waals surface area contributed by atoms with Crippen molar-refractivity contribution in [1.29, 1.82) is 0 Å². The molecule has 1 aromatic carbocycles. The molecule has 2 aromatic heterocycles. The van der Waals surface area contributed by atoms with Gasteiger partial charge in [0.2, 0.25) is 0 Å². The van der Waals surface area contributed by atoms with E-state index in [1.807, 2.05) is 41.1 Å². The van der Waals surface area contributed by atoms with Crippen molar-refractivity contribution >= 4 is 5.97 Å².